The molecule has 2 aromatic heterocycles. The number of aromatic nitrogens is 4. The molecule has 0 spiro atoms. The van der Waals surface area contributed by atoms with E-state index in [-0.39, 0.29) is 0 Å². The summed E-state index contributed by atoms with van der Waals surface area (Å²) < 4.78 is 1.98. The van der Waals surface area contributed by atoms with Crippen molar-refractivity contribution in [1.82, 2.24) is 24.6 Å². The standard InChI is InChI=1S/C17H26N6/c1-21(8-6-12-23-11-5-7-20-23)15-16-13-18-17(19-14-16)22-9-3-2-4-10-22/h5,7,11,13-14H,2-4,6,8-10,12,15H2,1H3. The SMILES string of the molecule is CN(CCCn1cccn1)Cc1cnc(N2CCCCC2)nc1. The normalized spacial score (nSPS) is 15.3. The maximum Gasteiger partial charge on any atom is 0.225 e. The van der Waals surface area contributed by atoms with Crippen molar-refractivity contribution in [3.8, 4) is 0 Å². The molecule has 2 aromatic rings. The molecular formula is C17H26N6. The van der Waals surface area contributed by atoms with Gasteiger partial charge < -0.3 is 9.80 Å². The fraction of sp³-hybridized carbons (Fsp3) is 0.588. The van der Waals surface area contributed by atoms with Gasteiger partial charge in [0.25, 0.3) is 0 Å². The molecule has 1 aliphatic heterocycles. The third-order valence-corrected chi connectivity index (χ3v) is 4.27. The van der Waals surface area contributed by atoms with E-state index in [0.717, 1.165) is 45.1 Å². The van der Waals surface area contributed by atoms with Crippen molar-refractivity contribution in [3.05, 3.63) is 36.4 Å². The smallest absolute Gasteiger partial charge is 0.225 e. The van der Waals surface area contributed by atoms with Crippen LogP contribution in [0.1, 0.15) is 31.2 Å². The van der Waals surface area contributed by atoms with Crippen molar-refractivity contribution in [1.29, 1.82) is 0 Å². The van der Waals surface area contributed by atoms with Crippen molar-refractivity contribution < 1.29 is 0 Å². The summed E-state index contributed by atoms with van der Waals surface area (Å²) in [6.45, 7) is 5.06. The van der Waals surface area contributed by atoms with Crippen LogP contribution in [0, 0.1) is 0 Å². The van der Waals surface area contributed by atoms with Crippen LogP contribution in [-0.2, 0) is 13.1 Å². The lowest BCUT2D eigenvalue weighted by atomic mass is 10.1. The highest BCUT2D eigenvalue weighted by Gasteiger charge is 2.13. The Bertz CT molecular complexity index is 559. The van der Waals surface area contributed by atoms with Crippen molar-refractivity contribution in [2.45, 2.75) is 38.8 Å². The number of nitrogens with zero attached hydrogens (tertiary/aromatic N) is 6. The van der Waals surface area contributed by atoms with Gasteiger partial charge in [-0.15, -0.1) is 0 Å². The lowest BCUT2D eigenvalue weighted by Crippen LogP contribution is -2.31. The Morgan fingerprint density at radius 3 is 2.61 bits per heavy atom. The Kier molecular flexibility index (Phi) is 5.58. The third kappa shape index (κ3) is 4.76. The van der Waals surface area contributed by atoms with Gasteiger partial charge in [0.05, 0.1) is 0 Å². The van der Waals surface area contributed by atoms with Crippen molar-refractivity contribution in [2.75, 3.05) is 31.6 Å². The first-order valence-electron chi connectivity index (χ1n) is 8.53. The zero-order valence-corrected chi connectivity index (χ0v) is 13.9. The molecule has 1 saturated heterocycles. The number of hydrogen-bond donors (Lipinski definition) is 0. The Balaban J connectivity index is 1.43. The Hall–Kier alpha value is -1.95. The molecule has 23 heavy (non-hydrogen) atoms. The molecule has 1 aliphatic rings. The van der Waals surface area contributed by atoms with E-state index in [1.54, 1.807) is 0 Å². The van der Waals surface area contributed by atoms with Gasteiger partial charge in [0.1, 0.15) is 0 Å². The first-order chi connectivity index (χ1) is 11.3. The molecule has 0 aromatic carbocycles. The molecule has 124 valence electrons. The summed E-state index contributed by atoms with van der Waals surface area (Å²) in [5.41, 5.74) is 1.17. The van der Waals surface area contributed by atoms with Crippen LogP contribution < -0.4 is 4.90 Å². The highest BCUT2D eigenvalue weighted by molar-refractivity contribution is 5.30. The van der Waals surface area contributed by atoms with E-state index in [0.29, 0.717) is 0 Å². The average molecular weight is 314 g/mol. The quantitative estimate of drug-likeness (QED) is 0.784. The highest BCUT2D eigenvalue weighted by atomic mass is 15.3. The third-order valence-electron chi connectivity index (χ3n) is 4.27. The molecule has 0 atom stereocenters. The van der Waals surface area contributed by atoms with E-state index < -0.39 is 0 Å². The van der Waals surface area contributed by atoms with Gasteiger partial charge in [-0.3, -0.25) is 4.68 Å². The average Bonchev–Trinajstić information content (AvgIpc) is 3.10. The summed E-state index contributed by atoms with van der Waals surface area (Å²) >= 11 is 0. The minimum absolute atomic E-state index is 0.884. The van der Waals surface area contributed by atoms with E-state index in [4.69, 9.17) is 0 Å². The van der Waals surface area contributed by atoms with Crippen LogP contribution >= 0.6 is 0 Å². The van der Waals surface area contributed by atoms with Gasteiger partial charge in [0, 0.05) is 56.5 Å². The number of piperidine rings is 1. The second-order valence-corrected chi connectivity index (χ2v) is 6.30. The van der Waals surface area contributed by atoms with E-state index in [1.807, 2.05) is 35.5 Å². The van der Waals surface area contributed by atoms with E-state index in [1.165, 1.54) is 24.8 Å². The van der Waals surface area contributed by atoms with Gasteiger partial charge in [-0.2, -0.15) is 5.10 Å². The van der Waals surface area contributed by atoms with Crippen LogP contribution in [0.2, 0.25) is 0 Å². The summed E-state index contributed by atoms with van der Waals surface area (Å²) in [6.07, 6.45) is 12.7. The number of rotatable bonds is 7. The summed E-state index contributed by atoms with van der Waals surface area (Å²) in [6, 6.07) is 1.96. The summed E-state index contributed by atoms with van der Waals surface area (Å²) in [5, 5.41) is 4.22. The number of aryl methyl sites for hydroxylation is 1. The Labute approximate surface area is 138 Å². The van der Waals surface area contributed by atoms with Crippen molar-refractivity contribution in [3.63, 3.8) is 0 Å². The van der Waals surface area contributed by atoms with Gasteiger partial charge in [-0.05, 0) is 45.3 Å². The lowest BCUT2D eigenvalue weighted by molar-refractivity contribution is 0.310. The fourth-order valence-corrected chi connectivity index (χ4v) is 3.01. The highest BCUT2D eigenvalue weighted by Crippen LogP contribution is 2.15. The van der Waals surface area contributed by atoms with Gasteiger partial charge in [0.15, 0.2) is 0 Å². The van der Waals surface area contributed by atoms with Gasteiger partial charge in [-0.25, -0.2) is 9.97 Å². The van der Waals surface area contributed by atoms with E-state index >= 15 is 0 Å². The zero-order chi connectivity index (χ0) is 15.9. The van der Waals surface area contributed by atoms with Crippen LogP contribution in [-0.4, -0.2) is 51.3 Å². The van der Waals surface area contributed by atoms with Crippen molar-refractivity contribution >= 4 is 5.95 Å². The number of anilines is 1. The van der Waals surface area contributed by atoms with Crippen LogP contribution in [0.3, 0.4) is 0 Å². The van der Waals surface area contributed by atoms with Crippen LogP contribution in [0.5, 0.6) is 0 Å². The Morgan fingerprint density at radius 1 is 1.13 bits per heavy atom. The molecule has 0 N–H and O–H groups in total. The maximum absolute atomic E-state index is 4.55. The molecule has 0 unspecified atom stereocenters. The van der Waals surface area contributed by atoms with Crippen molar-refractivity contribution in [2.24, 2.45) is 0 Å². The molecule has 6 heteroatoms. The molecule has 1 fully saturated rings. The molecule has 0 saturated carbocycles. The summed E-state index contributed by atoms with van der Waals surface area (Å²) in [4.78, 5) is 13.7. The van der Waals surface area contributed by atoms with Gasteiger partial charge >= 0.3 is 0 Å². The van der Waals surface area contributed by atoms with Crippen LogP contribution in [0.4, 0.5) is 5.95 Å². The zero-order valence-electron chi connectivity index (χ0n) is 13.9. The van der Waals surface area contributed by atoms with Gasteiger partial charge in [-0.1, -0.05) is 0 Å². The Morgan fingerprint density at radius 2 is 1.91 bits per heavy atom. The predicted molar refractivity (Wildman–Crippen MR) is 91.3 cm³/mol. The topological polar surface area (TPSA) is 50.1 Å². The molecule has 0 radical (unpaired) electrons. The number of hydrogen-bond acceptors (Lipinski definition) is 5. The second-order valence-electron chi connectivity index (χ2n) is 6.30. The van der Waals surface area contributed by atoms with Crippen LogP contribution in [0.25, 0.3) is 0 Å². The summed E-state index contributed by atoms with van der Waals surface area (Å²) in [5.74, 6) is 0.884. The molecule has 3 heterocycles. The molecular weight excluding hydrogens is 288 g/mol. The predicted octanol–water partition coefficient (Wildman–Crippen LogP) is 2.19. The molecule has 0 amide bonds. The maximum atomic E-state index is 4.55. The molecule has 0 bridgehead atoms. The van der Waals surface area contributed by atoms with Gasteiger partial charge in [0.2, 0.25) is 5.95 Å². The molecule has 0 aliphatic carbocycles. The summed E-state index contributed by atoms with van der Waals surface area (Å²) in [7, 11) is 2.14. The first-order valence-corrected chi connectivity index (χ1v) is 8.53. The monoisotopic (exact) mass is 314 g/mol. The minimum atomic E-state index is 0.884. The fourth-order valence-electron chi connectivity index (χ4n) is 3.01. The first kappa shape index (κ1) is 15.9. The second kappa shape index (κ2) is 8.06. The molecule has 3 rings (SSSR count). The van der Waals surface area contributed by atoms with E-state index in [9.17, 15) is 0 Å². The largest absolute Gasteiger partial charge is 0.341 e. The minimum Gasteiger partial charge on any atom is -0.341 e. The lowest BCUT2D eigenvalue weighted by Gasteiger charge is -2.26. The van der Waals surface area contributed by atoms with Crippen LogP contribution in [0.15, 0.2) is 30.9 Å². The molecule has 6 nitrogen and oxygen atoms in total. The van der Waals surface area contributed by atoms with E-state index in [2.05, 4.69) is 31.9 Å².